The molecule has 39 heavy (non-hydrogen) atoms. The van der Waals surface area contributed by atoms with E-state index in [1.165, 1.54) is 37.7 Å². The summed E-state index contributed by atoms with van der Waals surface area (Å²) >= 11 is 0. The second kappa shape index (κ2) is 12.8. The quantitative estimate of drug-likeness (QED) is 0.478. The van der Waals surface area contributed by atoms with Gasteiger partial charge in [0.25, 0.3) is 0 Å². The highest BCUT2D eigenvalue weighted by Gasteiger charge is 2.38. The number of piperidine rings is 1. The zero-order valence-electron chi connectivity index (χ0n) is 23.2. The van der Waals surface area contributed by atoms with Gasteiger partial charge in [-0.3, -0.25) is 4.90 Å². The highest BCUT2D eigenvalue weighted by Crippen LogP contribution is 2.31. The standard InChI is InChI=1S/C31H43N3O4S/c1-25-12-16-30(17-13-25)39(36,37)34-23-27(22-26-8-4-2-5-9-26)14-15-29(34)24-38-31(35)33-20-18-32(19-21-33)28-10-6-3-7-11-28/h2,4-5,8-9,12-13,16-17,27-29H,3,6-7,10-11,14-15,18-24H2,1H3/t27-,29+/m0/s1. The minimum absolute atomic E-state index is 0.0881. The summed E-state index contributed by atoms with van der Waals surface area (Å²) in [4.78, 5) is 17.6. The number of hydrogen-bond donors (Lipinski definition) is 0. The number of piperazine rings is 1. The molecule has 0 N–H and O–H groups in total. The smallest absolute Gasteiger partial charge is 0.409 e. The summed E-state index contributed by atoms with van der Waals surface area (Å²) in [6.07, 6.45) is 8.57. The van der Waals surface area contributed by atoms with Crippen molar-refractivity contribution < 1.29 is 17.9 Å². The number of ether oxygens (including phenoxy) is 1. The normalized spacial score (nSPS) is 24.0. The Hall–Kier alpha value is -2.42. The van der Waals surface area contributed by atoms with Gasteiger partial charge in [0.15, 0.2) is 0 Å². The van der Waals surface area contributed by atoms with Gasteiger partial charge >= 0.3 is 6.09 Å². The van der Waals surface area contributed by atoms with Gasteiger partial charge in [0.1, 0.15) is 6.61 Å². The Balaban J connectivity index is 1.22. The maximum atomic E-state index is 13.8. The van der Waals surface area contributed by atoms with Crippen molar-refractivity contribution in [1.82, 2.24) is 14.1 Å². The van der Waals surface area contributed by atoms with Crippen LogP contribution in [-0.2, 0) is 21.2 Å². The Morgan fingerprint density at radius 3 is 2.26 bits per heavy atom. The van der Waals surface area contributed by atoms with E-state index in [1.807, 2.05) is 37.3 Å². The lowest BCUT2D eigenvalue weighted by molar-refractivity contribution is 0.0407. The summed E-state index contributed by atoms with van der Waals surface area (Å²) in [5.41, 5.74) is 2.23. The van der Waals surface area contributed by atoms with E-state index >= 15 is 0 Å². The van der Waals surface area contributed by atoms with Crippen LogP contribution in [0.3, 0.4) is 0 Å². The molecule has 0 radical (unpaired) electrons. The number of hydrogen-bond acceptors (Lipinski definition) is 5. The molecule has 1 aliphatic carbocycles. The average molecular weight is 554 g/mol. The average Bonchev–Trinajstić information content (AvgIpc) is 2.97. The first kappa shape index (κ1) is 28.1. The second-order valence-electron chi connectivity index (χ2n) is 11.6. The van der Waals surface area contributed by atoms with E-state index in [4.69, 9.17) is 4.74 Å². The number of amides is 1. The minimum Gasteiger partial charge on any atom is -0.448 e. The van der Waals surface area contributed by atoms with Crippen molar-refractivity contribution in [3.8, 4) is 0 Å². The molecule has 2 heterocycles. The minimum atomic E-state index is -3.72. The molecule has 8 heteroatoms. The van der Waals surface area contributed by atoms with Gasteiger partial charge in [0.2, 0.25) is 10.0 Å². The van der Waals surface area contributed by atoms with Crippen LogP contribution in [0.15, 0.2) is 59.5 Å². The van der Waals surface area contributed by atoms with Crippen molar-refractivity contribution in [1.29, 1.82) is 0 Å². The Morgan fingerprint density at radius 1 is 0.872 bits per heavy atom. The summed E-state index contributed by atoms with van der Waals surface area (Å²) in [6, 6.07) is 17.6. The first-order valence-electron chi connectivity index (χ1n) is 14.7. The third kappa shape index (κ3) is 7.02. The number of benzene rings is 2. The second-order valence-corrected chi connectivity index (χ2v) is 13.5. The zero-order chi connectivity index (χ0) is 27.2. The largest absolute Gasteiger partial charge is 0.448 e. The van der Waals surface area contributed by atoms with Crippen molar-refractivity contribution >= 4 is 16.1 Å². The molecule has 2 aromatic carbocycles. The van der Waals surface area contributed by atoms with Crippen molar-refractivity contribution in [2.75, 3.05) is 39.3 Å². The molecule has 0 bridgehead atoms. The van der Waals surface area contributed by atoms with Gasteiger partial charge in [0.05, 0.1) is 10.9 Å². The summed E-state index contributed by atoms with van der Waals surface area (Å²) in [5.74, 6) is 0.215. The molecule has 0 unspecified atom stereocenters. The van der Waals surface area contributed by atoms with Crippen LogP contribution >= 0.6 is 0 Å². The lowest BCUT2D eigenvalue weighted by Gasteiger charge is -2.41. The van der Waals surface area contributed by atoms with Crippen molar-refractivity contribution in [2.45, 2.75) is 75.3 Å². The maximum absolute atomic E-state index is 13.8. The van der Waals surface area contributed by atoms with Gasteiger partial charge < -0.3 is 9.64 Å². The molecule has 212 valence electrons. The van der Waals surface area contributed by atoms with E-state index in [1.54, 1.807) is 21.3 Å². The monoisotopic (exact) mass is 553 g/mol. The molecule has 3 aliphatic rings. The van der Waals surface area contributed by atoms with E-state index < -0.39 is 10.0 Å². The van der Waals surface area contributed by atoms with Crippen LogP contribution in [0.2, 0.25) is 0 Å². The highest BCUT2D eigenvalue weighted by molar-refractivity contribution is 7.89. The molecular weight excluding hydrogens is 510 g/mol. The molecule has 2 aromatic rings. The first-order chi connectivity index (χ1) is 18.9. The summed E-state index contributed by atoms with van der Waals surface area (Å²) in [5, 5.41) is 0. The van der Waals surface area contributed by atoms with Gasteiger partial charge in [-0.2, -0.15) is 4.31 Å². The van der Waals surface area contributed by atoms with E-state index in [0.29, 0.717) is 37.0 Å². The van der Waals surface area contributed by atoms with Crippen molar-refractivity contribution in [2.24, 2.45) is 5.92 Å². The Bertz CT molecular complexity index is 1170. The summed E-state index contributed by atoms with van der Waals surface area (Å²) < 4.78 is 35.0. The molecule has 2 atom stereocenters. The zero-order valence-corrected chi connectivity index (χ0v) is 24.0. The lowest BCUT2D eigenvalue weighted by Crippen LogP contribution is -2.53. The molecular formula is C31H43N3O4S. The topological polar surface area (TPSA) is 70.2 Å². The fraction of sp³-hybridized carbons (Fsp3) is 0.581. The Morgan fingerprint density at radius 2 is 1.56 bits per heavy atom. The highest BCUT2D eigenvalue weighted by atomic mass is 32.2. The van der Waals surface area contributed by atoms with Crippen LogP contribution in [0, 0.1) is 12.8 Å². The first-order valence-corrected chi connectivity index (χ1v) is 16.1. The van der Waals surface area contributed by atoms with E-state index in [2.05, 4.69) is 17.0 Å². The molecule has 2 aliphatic heterocycles. The fourth-order valence-electron chi connectivity index (χ4n) is 6.46. The maximum Gasteiger partial charge on any atom is 0.409 e. The van der Waals surface area contributed by atoms with Crippen LogP contribution in [0.4, 0.5) is 4.79 Å². The molecule has 3 fully saturated rings. The third-order valence-corrected chi connectivity index (χ3v) is 10.7. The number of sulfonamides is 1. The lowest BCUT2D eigenvalue weighted by atomic mass is 9.89. The molecule has 0 spiro atoms. The van der Waals surface area contributed by atoms with Crippen molar-refractivity contribution in [3.05, 3.63) is 65.7 Å². The summed E-state index contributed by atoms with van der Waals surface area (Å²) in [7, 11) is -3.72. The van der Waals surface area contributed by atoms with Gasteiger partial charge in [-0.1, -0.05) is 67.3 Å². The van der Waals surface area contributed by atoms with Gasteiger partial charge in [0, 0.05) is 38.8 Å². The number of carbonyl (C=O) groups is 1. The van der Waals surface area contributed by atoms with Gasteiger partial charge in [-0.15, -0.1) is 0 Å². The van der Waals surface area contributed by atoms with E-state index in [9.17, 15) is 13.2 Å². The third-order valence-electron chi connectivity index (χ3n) is 8.81. The van der Waals surface area contributed by atoms with Crippen LogP contribution in [-0.4, -0.2) is 80.0 Å². The van der Waals surface area contributed by atoms with Crippen LogP contribution in [0.1, 0.15) is 56.1 Å². The molecule has 7 nitrogen and oxygen atoms in total. The van der Waals surface area contributed by atoms with Crippen LogP contribution in [0.5, 0.6) is 0 Å². The molecule has 1 amide bonds. The molecule has 0 aromatic heterocycles. The molecule has 2 saturated heterocycles. The summed E-state index contributed by atoms with van der Waals surface area (Å²) in [6.45, 7) is 5.58. The SMILES string of the molecule is Cc1ccc(S(=O)(=O)N2C[C@H](Cc3ccccc3)CC[C@@H]2COC(=O)N2CCN(C3CCCCC3)CC2)cc1. The van der Waals surface area contributed by atoms with E-state index in [0.717, 1.165) is 31.5 Å². The number of rotatable bonds is 7. The Kier molecular flexibility index (Phi) is 9.25. The number of carbonyl (C=O) groups excluding carboxylic acids is 1. The van der Waals surface area contributed by atoms with Gasteiger partial charge in [-0.05, 0) is 62.6 Å². The predicted molar refractivity (Wildman–Crippen MR) is 153 cm³/mol. The van der Waals surface area contributed by atoms with Crippen molar-refractivity contribution in [3.63, 3.8) is 0 Å². The number of aryl methyl sites for hydroxylation is 1. The number of nitrogens with zero attached hydrogens (tertiary/aromatic N) is 3. The van der Waals surface area contributed by atoms with Crippen LogP contribution in [0.25, 0.3) is 0 Å². The Labute approximate surface area is 234 Å². The fourth-order valence-corrected chi connectivity index (χ4v) is 8.18. The molecule has 1 saturated carbocycles. The van der Waals surface area contributed by atoms with Gasteiger partial charge in [-0.25, -0.2) is 13.2 Å². The predicted octanol–water partition coefficient (Wildman–Crippen LogP) is 5.09. The van der Waals surface area contributed by atoms with Crippen LogP contribution < -0.4 is 0 Å². The molecule has 5 rings (SSSR count). The van der Waals surface area contributed by atoms with E-state index in [-0.39, 0.29) is 24.7 Å².